The third-order valence-corrected chi connectivity index (χ3v) is 5.30. The summed E-state index contributed by atoms with van der Waals surface area (Å²) in [5.41, 5.74) is 8.85. The van der Waals surface area contributed by atoms with Crippen molar-refractivity contribution in [2.45, 2.75) is 31.8 Å². The van der Waals surface area contributed by atoms with E-state index in [1.54, 1.807) is 0 Å². The number of rotatable bonds is 7. The maximum atomic E-state index is 5.64. The van der Waals surface area contributed by atoms with E-state index < -0.39 is 0 Å². The van der Waals surface area contributed by atoms with Crippen molar-refractivity contribution in [2.24, 2.45) is 5.73 Å². The van der Waals surface area contributed by atoms with E-state index in [4.69, 9.17) is 10.7 Å². The Bertz CT molecular complexity index is 851. The molecule has 4 rings (SSSR count). The minimum Gasteiger partial charge on any atom is -0.353 e. The third kappa shape index (κ3) is 4.28. The number of piperidine rings is 1. The Hall–Kier alpha value is -2.44. The standard InChI is InChI=1S/C21H28N6/c22-11-5-13-26-14-9-17(10-15-26)24-21-25-19-7-1-2-8-20(19)27(21)16-18-6-3-4-12-23-18/h1-4,6-8,12,17H,5,9-11,13-16,22H2,(H,24,25). The van der Waals surface area contributed by atoms with E-state index in [1.165, 1.54) is 0 Å². The largest absolute Gasteiger partial charge is 0.353 e. The molecule has 0 atom stereocenters. The number of fused-ring (bicyclic) bond motifs is 1. The number of pyridine rings is 1. The zero-order valence-corrected chi connectivity index (χ0v) is 15.7. The number of hydrogen-bond acceptors (Lipinski definition) is 5. The molecule has 0 aliphatic carbocycles. The van der Waals surface area contributed by atoms with Crippen LogP contribution in [-0.2, 0) is 6.54 Å². The molecule has 1 aliphatic rings. The SMILES string of the molecule is NCCCN1CCC(Nc2nc3ccccc3n2Cc2ccccn2)CC1. The Labute approximate surface area is 160 Å². The first kappa shape index (κ1) is 17.9. The summed E-state index contributed by atoms with van der Waals surface area (Å²) < 4.78 is 2.25. The van der Waals surface area contributed by atoms with E-state index in [1.807, 2.05) is 24.4 Å². The van der Waals surface area contributed by atoms with Crippen LogP contribution in [0.5, 0.6) is 0 Å². The monoisotopic (exact) mass is 364 g/mol. The van der Waals surface area contributed by atoms with Gasteiger partial charge in [-0.3, -0.25) is 4.98 Å². The van der Waals surface area contributed by atoms with E-state index in [-0.39, 0.29) is 0 Å². The van der Waals surface area contributed by atoms with Gasteiger partial charge in [-0.15, -0.1) is 0 Å². The Morgan fingerprint density at radius 1 is 1.07 bits per heavy atom. The molecule has 142 valence electrons. The number of imidazole rings is 1. The molecule has 0 unspecified atom stereocenters. The number of anilines is 1. The van der Waals surface area contributed by atoms with Crippen molar-refractivity contribution in [1.82, 2.24) is 19.4 Å². The molecule has 1 saturated heterocycles. The predicted molar refractivity (Wildman–Crippen MR) is 110 cm³/mol. The number of para-hydroxylation sites is 2. The van der Waals surface area contributed by atoms with Crippen molar-refractivity contribution in [3.63, 3.8) is 0 Å². The van der Waals surface area contributed by atoms with Crippen molar-refractivity contribution in [3.8, 4) is 0 Å². The molecule has 3 aromatic rings. The van der Waals surface area contributed by atoms with Gasteiger partial charge in [-0.1, -0.05) is 18.2 Å². The van der Waals surface area contributed by atoms with Crippen molar-refractivity contribution in [2.75, 3.05) is 31.5 Å². The second-order valence-corrected chi connectivity index (χ2v) is 7.23. The molecule has 6 nitrogen and oxygen atoms in total. The summed E-state index contributed by atoms with van der Waals surface area (Å²) in [5.74, 6) is 0.947. The highest BCUT2D eigenvalue weighted by molar-refractivity contribution is 5.78. The van der Waals surface area contributed by atoms with Gasteiger partial charge in [0.05, 0.1) is 23.3 Å². The fourth-order valence-electron chi connectivity index (χ4n) is 3.80. The zero-order valence-electron chi connectivity index (χ0n) is 15.7. The number of nitrogens with one attached hydrogen (secondary N) is 1. The van der Waals surface area contributed by atoms with E-state index in [0.29, 0.717) is 6.04 Å². The topological polar surface area (TPSA) is 72.0 Å². The first-order chi connectivity index (χ1) is 13.3. The van der Waals surface area contributed by atoms with Gasteiger partial charge >= 0.3 is 0 Å². The summed E-state index contributed by atoms with van der Waals surface area (Å²) in [5, 5.41) is 3.71. The molecule has 6 heteroatoms. The van der Waals surface area contributed by atoms with Gasteiger partial charge in [-0.25, -0.2) is 4.98 Å². The maximum absolute atomic E-state index is 5.64. The summed E-state index contributed by atoms with van der Waals surface area (Å²) in [6.07, 6.45) is 5.20. The van der Waals surface area contributed by atoms with Crippen LogP contribution in [0.25, 0.3) is 11.0 Å². The summed E-state index contributed by atoms with van der Waals surface area (Å²) in [7, 11) is 0. The number of nitrogens with two attached hydrogens (primary N) is 1. The molecular formula is C21H28N6. The molecule has 1 aliphatic heterocycles. The average molecular weight is 364 g/mol. The van der Waals surface area contributed by atoms with Gasteiger partial charge in [0.2, 0.25) is 5.95 Å². The van der Waals surface area contributed by atoms with Crippen LogP contribution in [0.1, 0.15) is 25.0 Å². The van der Waals surface area contributed by atoms with Crippen molar-refractivity contribution in [3.05, 3.63) is 54.4 Å². The molecule has 3 N–H and O–H groups in total. The van der Waals surface area contributed by atoms with E-state index in [9.17, 15) is 0 Å². The van der Waals surface area contributed by atoms with Gasteiger partial charge in [0.25, 0.3) is 0 Å². The minimum atomic E-state index is 0.457. The summed E-state index contributed by atoms with van der Waals surface area (Å²) in [4.78, 5) is 11.9. The van der Waals surface area contributed by atoms with Gasteiger partial charge in [0, 0.05) is 25.3 Å². The van der Waals surface area contributed by atoms with Crippen LogP contribution in [0.3, 0.4) is 0 Å². The quantitative estimate of drug-likeness (QED) is 0.674. The van der Waals surface area contributed by atoms with E-state index in [2.05, 4.69) is 44.0 Å². The number of aromatic nitrogens is 3. The predicted octanol–water partition coefficient (Wildman–Crippen LogP) is 2.70. The van der Waals surface area contributed by atoms with Crippen LogP contribution in [-0.4, -0.2) is 51.7 Å². The van der Waals surface area contributed by atoms with Crippen molar-refractivity contribution in [1.29, 1.82) is 0 Å². The Morgan fingerprint density at radius 2 is 1.89 bits per heavy atom. The Morgan fingerprint density at radius 3 is 2.67 bits per heavy atom. The molecule has 1 aromatic carbocycles. The lowest BCUT2D eigenvalue weighted by molar-refractivity contribution is 0.217. The molecule has 2 aromatic heterocycles. The first-order valence-electron chi connectivity index (χ1n) is 9.87. The molecule has 0 saturated carbocycles. The van der Waals surface area contributed by atoms with Crippen LogP contribution in [0, 0.1) is 0 Å². The second-order valence-electron chi connectivity index (χ2n) is 7.23. The number of nitrogens with zero attached hydrogens (tertiary/aromatic N) is 4. The average Bonchev–Trinajstić information content (AvgIpc) is 3.05. The highest BCUT2D eigenvalue weighted by Gasteiger charge is 2.21. The van der Waals surface area contributed by atoms with Crippen LogP contribution in [0.15, 0.2) is 48.7 Å². The van der Waals surface area contributed by atoms with Crippen LogP contribution in [0.2, 0.25) is 0 Å². The van der Waals surface area contributed by atoms with Crippen molar-refractivity contribution >= 4 is 17.0 Å². The highest BCUT2D eigenvalue weighted by atomic mass is 15.2. The van der Waals surface area contributed by atoms with Gasteiger partial charge in [-0.05, 0) is 56.6 Å². The van der Waals surface area contributed by atoms with Gasteiger partial charge in [0.15, 0.2) is 0 Å². The number of likely N-dealkylation sites (tertiary alicyclic amines) is 1. The fraction of sp³-hybridized carbons (Fsp3) is 0.429. The summed E-state index contributed by atoms with van der Waals surface area (Å²) in [6.45, 7) is 4.85. The molecule has 1 fully saturated rings. The lowest BCUT2D eigenvalue weighted by Gasteiger charge is -2.32. The molecule has 0 bridgehead atoms. The lowest BCUT2D eigenvalue weighted by atomic mass is 10.1. The Balaban J connectivity index is 1.51. The van der Waals surface area contributed by atoms with Gasteiger partial charge in [-0.2, -0.15) is 0 Å². The minimum absolute atomic E-state index is 0.457. The fourth-order valence-corrected chi connectivity index (χ4v) is 3.80. The smallest absolute Gasteiger partial charge is 0.204 e. The van der Waals surface area contributed by atoms with Crippen LogP contribution in [0.4, 0.5) is 5.95 Å². The molecule has 0 spiro atoms. The normalized spacial score (nSPS) is 16.0. The maximum Gasteiger partial charge on any atom is 0.204 e. The molecule has 0 amide bonds. The molecular weight excluding hydrogens is 336 g/mol. The van der Waals surface area contributed by atoms with E-state index >= 15 is 0 Å². The van der Waals surface area contributed by atoms with Gasteiger partial charge < -0.3 is 20.5 Å². The molecule has 3 heterocycles. The first-order valence-corrected chi connectivity index (χ1v) is 9.87. The summed E-state index contributed by atoms with van der Waals surface area (Å²) in [6, 6.07) is 14.8. The Kier molecular flexibility index (Phi) is 5.65. The van der Waals surface area contributed by atoms with Crippen molar-refractivity contribution < 1.29 is 0 Å². The van der Waals surface area contributed by atoms with Crippen LogP contribution >= 0.6 is 0 Å². The molecule has 0 radical (unpaired) electrons. The summed E-state index contributed by atoms with van der Waals surface area (Å²) >= 11 is 0. The zero-order chi connectivity index (χ0) is 18.5. The van der Waals surface area contributed by atoms with Gasteiger partial charge in [0.1, 0.15) is 0 Å². The highest BCUT2D eigenvalue weighted by Crippen LogP contribution is 2.23. The number of benzene rings is 1. The second kappa shape index (κ2) is 8.50. The number of hydrogen-bond donors (Lipinski definition) is 2. The molecule has 27 heavy (non-hydrogen) atoms. The lowest BCUT2D eigenvalue weighted by Crippen LogP contribution is -2.40. The van der Waals surface area contributed by atoms with Crippen LogP contribution < -0.4 is 11.1 Å². The third-order valence-electron chi connectivity index (χ3n) is 5.30. The van der Waals surface area contributed by atoms with E-state index in [0.717, 1.165) is 74.7 Å².